The van der Waals surface area contributed by atoms with Crippen LogP contribution in [0, 0.1) is 20.8 Å². The van der Waals surface area contributed by atoms with Crippen LogP contribution in [0.1, 0.15) is 16.8 Å². The van der Waals surface area contributed by atoms with Crippen molar-refractivity contribution in [1.29, 1.82) is 0 Å². The summed E-state index contributed by atoms with van der Waals surface area (Å²) >= 11 is 0. The molecule has 4 aromatic rings. The number of nitrogens with one attached hydrogen (secondary N) is 2. The van der Waals surface area contributed by atoms with Gasteiger partial charge in [-0.3, -0.25) is 18.7 Å². The van der Waals surface area contributed by atoms with E-state index in [1.54, 1.807) is 11.4 Å². The molecular formula is C19H22N6O2. The Hall–Kier alpha value is -3.29. The first kappa shape index (κ1) is 17.1. The smallest absolute Gasteiger partial charge is 0.329 e. The Balaban J connectivity index is 1.70. The minimum atomic E-state index is -0.465. The molecule has 0 bridgehead atoms. The molecule has 0 aliphatic heterocycles. The number of H-pyrrole nitrogens is 1. The fourth-order valence-electron chi connectivity index (χ4n) is 3.51. The van der Waals surface area contributed by atoms with Gasteiger partial charge in [0.15, 0.2) is 11.2 Å². The van der Waals surface area contributed by atoms with Crippen molar-refractivity contribution in [3.05, 3.63) is 62.1 Å². The lowest BCUT2D eigenvalue weighted by Gasteiger charge is -2.11. The summed E-state index contributed by atoms with van der Waals surface area (Å²) in [5.41, 5.74) is 4.42. The number of imidazole rings is 2. The molecule has 0 spiro atoms. The lowest BCUT2D eigenvalue weighted by Crippen LogP contribution is -2.28. The van der Waals surface area contributed by atoms with Gasteiger partial charge in [0.2, 0.25) is 5.78 Å². The van der Waals surface area contributed by atoms with E-state index in [1.807, 2.05) is 17.7 Å². The van der Waals surface area contributed by atoms with Gasteiger partial charge >= 0.3 is 5.69 Å². The third-order valence-corrected chi connectivity index (χ3v) is 4.95. The molecule has 140 valence electrons. The monoisotopic (exact) mass is 366 g/mol. The van der Waals surface area contributed by atoms with Crippen LogP contribution in [-0.4, -0.2) is 30.0 Å². The average molecular weight is 366 g/mol. The number of aryl methyl sites for hydroxylation is 4. The van der Waals surface area contributed by atoms with Crippen LogP contribution in [0.15, 0.2) is 34.0 Å². The van der Waals surface area contributed by atoms with Crippen molar-refractivity contribution in [3.8, 4) is 0 Å². The van der Waals surface area contributed by atoms with Gasteiger partial charge < -0.3 is 9.88 Å². The molecule has 0 aliphatic rings. The van der Waals surface area contributed by atoms with Gasteiger partial charge in [0, 0.05) is 37.7 Å². The number of hydrogen-bond donors (Lipinski definition) is 2. The highest BCUT2D eigenvalue weighted by molar-refractivity contribution is 5.75. The van der Waals surface area contributed by atoms with Crippen molar-refractivity contribution >= 4 is 22.6 Å². The first-order chi connectivity index (χ1) is 12.9. The zero-order chi connectivity index (χ0) is 19.3. The number of anilines is 1. The van der Waals surface area contributed by atoms with Gasteiger partial charge in [-0.15, -0.1) is 0 Å². The molecule has 1 aromatic carbocycles. The van der Waals surface area contributed by atoms with E-state index in [1.165, 1.54) is 15.7 Å². The number of aromatic nitrogens is 5. The minimum Gasteiger partial charge on any atom is -0.383 e. The maximum absolute atomic E-state index is 12.3. The van der Waals surface area contributed by atoms with Gasteiger partial charge in [-0.25, -0.2) is 4.79 Å². The molecule has 0 aliphatic carbocycles. The van der Waals surface area contributed by atoms with Gasteiger partial charge in [-0.05, 0) is 32.4 Å². The number of rotatable bonds is 4. The molecule has 0 fully saturated rings. The molecule has 0 amide bonds. The molecule has 0 saturated heterocycles. The molecule has 0 radical (unpaired) electrons. The summed E-state index contributed by atoms with van der Waals surface area (Å²) in [5, 5.41) is 3.46. The van der Waals surface area contributed by atoms with E-state index in [0.29, 0.717) is 30.0 Å². The Labute approximate surface area is 155 Å². The van der Waals surface area contributed by atoms with E-state index in [4.69, 9.17) is 0 Å². The van der Waals surface area contributed by atoms with Crippen LogP contribution < -0.4 is 16.6 Å². The highest BCUT2D eigenvalue weighted by Crippen LogP contribution is 2.18. The Kier molecular flexibility index (Phi) is 3.91. The first-order valence-electron chi connectivity index (χ1n) is 8.85. The lowest BCUT2D eigenvalue weighted by molar-refractivity contribution is 0.724. The van der Waals surface area contributed by atoms with Crippen molar-refractivity contribution in [2.45, 2.75) is 27.3 Å². The van der Waals surface area contributed by atoms with Crippen LogP contribution in [0.5, 0.6) is 0 Å². The molecule has 0 unspecified atom stereocenters. The van der Waals surface area contributed by atoms with E-state index < -0.39 is 11.2 Å². The standard InChI is InChI=1S/C19H22N6O2/c1-11-5-6-14(12(2)9-11)20-7-8-24-13(3)10-25-15-16(21-18(24)25)23(4)19(27)22-17(15)26/h5-6,9-10,20H,7-8H2,1-4H3,(H,22,26,27). The molecule has 0 atom stereocenters. The quantitative estimate of drug-likeness (QED) is 0.575. The number of aromatic amines is 1. The van der Waals surface area contributed by atoms with Crippen molar-refractivity contribution in [3.63, 3.8) is 0 Å². The molecule has 3 aromatic heterocycles. The number of fused-ring (bicyclic) bond motifs is 3. The maximum Gasteiger partial charge on any atom is 0.329 e. The maximum atomic E-state index is 12.3. The Bertz CT molecular complexity index is 1290. The van der Waals surface area contributed by atoms with Crippen molar-refractivity contribution in [2.24, 2.45) is 7.05 Å². The predicted molar refractivity (Wildman–Crippen MR) is 106 cm³/mol. The van der Waals surface area contributed by atoms with Gasteiger partial charge in [0.1, 0.15) is 0 Å². The summed E-state index contributed by atoms with van der Waals surface area (Å²) in [4.78, 5) is 31.0. The van der Waals surface area contributed by atoms with Gasteiger partial charge in [0.05, 0.1) is 0 Å². The highest BCUT2D eigenvalue weighted by atomic mass is 16.2. The second-order valence-electron chi connectivity index (χ2n) is 6.94. The molecule has 2 N–H and O–H groups in total. The molecule has 0 saturated carbocycles. The summed E-state index contributed by atoms with van der Waals surface area (Å²) in [7, 11) is 1.60. The second kappa shape index (κ2) is 6.15. The van der Waals surface area contributed by atoms with Crippen LogP contribution >= 0.6 is 0 Å². The lowest BCUT2D eigenvalue weighted by atomic mass is 10.1. The molecule has 4 rings (SSSR count). The Morgan fingerprint density at radius 2 is 1.96 bits per heavy atom. The summed E-state index contributed by atoms with van der Waals surface area (Å²) in [6.45, 7) is 7.55. The SMILES string of the molecule is Cc1ccc(NCCn2c(C)cn3c4c(=O)[nH]c(=O)n(C)c4nc23)c(C)c1. The largest absolute Gasteiger partial charge is 0.383 e. The zero-order valence-corrected chi connectivity index (χ0v) is 15.8. The van der Waals surface area contributed by atoms with Crippen molar-refractivity contribution in [1.82, 2.24) is 23.5 Å². The van der Waals surface area contributed by atoms with Gasteiger partial charge in [-0.1, -0.05) is 17.7 Å². The van der Waals surface area contributed by atoms with E-state index >= 15 is 0 Å². The minimum absolute atomic E-state index is 0.384. The topological polar surface area (TPSA) is 89.1 Å². The van der Waals surface area contributed by atoms with Crippen LogP contribution in [0.2, 0.25) is 0 Å². The van der Waals surface area contributed by atoms with E-state index in [2.05, 4.69) is 47.3 Å². The third-order valence-electron chi connectivity index (χ3n) is 4.95. The number of nitrogens with zero attached hydrogens (tertiary/aromatic N) is 4. The van der Waals surface area contributed by atoms with Crippen molar-refractivity contribution < 1.29 is 0 Å². The van der Waals surface area contributed by atoms with E-state index in [-0.39, 0.29) is 0 Å². The van der Waals surface area contributed by atoms with Crippen LogP contribution in [0.4, 0.5) is 5.69 Å². The molecule has 27 heavy (non-hydrogen) atoms. The molecule has 8 nitrogen and oxygen atoms in total. The first-order valence-corrected chi connectivity index (χ1v) is 8.85. The number of hydrogen-bond acceptors (Lipinski definition) is 4. The molecule has 3 heterocycles. The average Bonchev–Trinajstić information content (AvgIpc) is 3.11. The second-order valence-corrected chi connectivity index (χ2v) is 6.94. The highest BCUT2D eigenvalue weighted by Gasteiger charge is 2.17. The summed E-state index contributed by atoms with van der Waals surface area (Å²) in [6, 6.07) is 6.32. The Morgan fingerprint density at radius 3 is 2.70 bits per heavy atom. The molecular weight excluding hydrogens is 344 g/mol. The molecule has 8 heteroatoms. The zero-order valence-electron chi connectivity index (χ0n) is 15.8. The van der Waals surface area contributed by atoms with E-state index in [0.717, 1.165) is 11.4 Å². The summed E-state index contributed by atoms with van der Waals surface area (Å²) in [5.74, 6) is 0.650. The fourth-order valence-corrected chi connectivity index (χ4v) is 3.51. The predicted octanol–water partition coefficient (Wildman–Crippen LogP) is 1.71. The van der Waals surface area contributed by atoms with Crippen LogP contribution in [0.3, 0.4) is 0 Å². The van der Waals surface area contributed by atoms with Crippen LogP contribution in [0.25, 0.3) is 16.9 Å². The normalized spacial score (nSPS) is 11.6. The van der Waals surface area contributed by atoms with Crippen LogP contribution in [-0.2, 0) is 13.6 Å². The Morgan fingerprint density at radius 1 is 1.19 bits per heavy atom. The fraction of sp³-hybridized carbons (Fsp3) is 0.316. The van der Waals surface area contributed by atoms with Crippen molar-refractivity contribution in [2.75, 3.05) is 11.9 Å². The number of benzene rings is 1. The summed E-state index contributed by atoms with van der Waals surface area (Å²) in [6.07, 6.45) is 1.88. The summed E-state index contributed by atoms with van der Waals surface area (Å²) < 4.78 is 5.15. The van der Waals surface area contributed by atoms with Gasteiger partial charge in [-0.2, -0.15) is 4.98 Å². The third kappa shape index (κ3) is 2.73. The van der Waals surface area contributed by atoms with E-state index in [9.17, 15) is 9.59 Å². The van der Waals surface area contributed by atoms with Gasteiger partial charge in [0.25, 0.3) is 5.56 Å².